The lowest BCUT2D eigenvalue weighted by molar-refractivity contribution is -0.393. The molecule has 0 fully saturated rings. The molecule has 0 bridgehead atoms. The Morgan fingerprint density at radius 3 is 1.55 bits per heavy atom. The Balaban J connectivity index is 1.76. The zero-order valence-corrected chi connectivity index (χ0v) is 47.2. The van der Waals surface area contributed by atoms with Crippen molar-refractivity contribution in [2.75, 3.05) is 24.1 Å². The van der Waals surface area contributed by atoms with E-state index in [0.29, 0.717) is 6.07 Å². The van der Waals surface area contributed by atoms with Crippen molar-refractivity contribution in [2.45, 2.75) is 128 Å². The molecule has 3 aromatic carbocycles. The first-order valence-corrected chi connectivity index (χ1v) is 26.6. The number of benzene rings is 3. The van der Waals surface area contributed by atoms with Crippen LogP contribution < -0.4 is 58.9 Å². The highest BCUT2D eigenvalue weighted by Gasteiger charge is 2.35. The Bertz CT molecular complexity index is 3010. The summed E-state index contributed by atoms with van der Waals surface area (Å²) < 4.78 is 0. The van der Waals surface area contributed by atoms with Gasteiger partial charge in [0.05, 0.1) is 34.3 Å². The van der Waals surface area contributed by atoms with Gasteiger partial charge in [0.25, 0.3) is 17.3 Å². The summed E-state index contributed by atoms with van der Waals surface area (Å²) in [6, 6.07) is 1.06. The number of nitro benzene ring substituents is 2. The Labute approximate surface area is 490 Å². The number of carboxylic acid groups (broad SMARTS) is 3. The van der Waals surface area contributed by atoms with Gasteiger partial charge in [0.2, 0.25) is 47.3 Å². The molecule has 0 aliphatic heterocycles. The molecule has 86 heavy (non-hydrogen) atoms. The van der Waals surface area contributed by atoms with E-state index in [9.17, 15) is 98.2 Å². The maximum atomic E-state index is 14.0. The number of nitro groups is 2. The molecule has 0 spiro atoms. The number of aromatic hydroxyl groups is 1. The number of carbonyl (C=O) groups is 12. The molecule has 0 saturated heterocycles. The predicted molar refractivity (Wildman–Crippen MR) is 301 cm³/mol. The highest BCUT2D eigenvalue weighted by atomic mass is 16.6. The molecule has 0 aliphatic carbocycles. The van der Waals surface area contributed by atoms with E-state index in [-0.39, 0.29) is 54.2 Å². The molecular weight excluding hydrogens is 1140 g/mol. The number of hydrogen-bond acceptors (Lipinski definition) is 19. The second-order valence-corrected chi connectivity index (χ2v) is 19.8. The van der Waals surface area contributed by atoms with E-state index in [1.165, 1.54) is 43.3 Å². The quantitative estimate of drug-likeness (QED) is 0.0146. The maximum Gasteiger partial charge on any atom is 0.305 e. The van der Waals surface area contributed by atoms with E-state index in [2.05, 4.69) is 53.2 Å². The van der Waals surface area contributed by atoms with Crippen molar-refractivity contribution in [3.05, 3.63) is 98.1 Å². The van der Waals surface area contributed by atoms with Gasteiger partial charge in [0.15, 0.2) is 0 Å². The highest BCUT2D eigenvalue weighted by molar-refractivity contribution is 6.02. The Morgan fingerprint density at radius 2 is 1.05 bits per heavy atom. The van der Waals surface area contributed by atoms with Gasteiger partial charge in [-0.3, -0.25) is 77.8 Å². The van der Waals surface area contributed by atoms with Gasteiger partial charge in [-0.1, -0.05) is 51.5 Å². The van der Waals surface area contributed by atoms with Crippen LogP contribution in [0.25, 0.3) is 0 Å². The van der Waals surface area contributed by atoms with E-state index in [1.54, 1.807) is 32.9 Å². The molecule has 0 aromatic heterocycles. The van der Waals surface area contributed by atoms with Crippen molar-refractivity contribution in [1.29, 1.82) is 0 Å². The molecule has 0 aliphatic rings. The predicted octanol–water partition coefficient (Wildman–Crippen LogP) is -0.936. The number of phenols is 1. The molecule has 0 heterocycles. The smallest absolute Gasteiger partial charge is 0.305 e. The van der Waals surface area contributed by atoms with Crippen molar-refractivity contribution in [1.82, 2.24) is 47.9 Å². The first-order valence-electron chi connectivity index (χ1n) is 26.6. The average molecular weight is 1210 g/mol. The number of nitrogens with zero attached hydrogens (tertiary/aromatic N) is 2. The summed E-state index contributed by atoms with van der Waals surface area (Å²) in [5, 5.41) is 85.2. The third-order valence-corrected chi connectivity index (χ3v) is 12.6. The van der Waals surface area contributed by atoms with Gasteiger partial charge in [-0.05, 0) is 68.5 Å². The molecule has 0 unspecified atom stereocenters. The summed E-state index contributed by atoms with van der Waals surface area (Å²) in [5.41, 5.74) is 5.03. The van der Waals surface area contributed by atoms with Crippen LogP contribution in [0.4, 0.5) is 22.7 Å². The molecule has 16 N–H and O–H groups in total. The number of carbonyl (C=O) groups excluding carboxylic acids is 9. The van der Waals surface area contributed by atoms with Crippen LogP contribution in [0, 0.1) is 26.1 Å². The van der Waals surface area contributed by atoms with Gasteiger partial charge in [0.1, 0.15) is 59.8 Å². The van der Waals surface area contributed by atoms with Crippen LogP contribution in [0.2, 0.25) is 0 Å². The molecule has 33 nitrogen and oxygen atoms in total. The lowest BCUT2D eigenvalue weighted by Crippen LogP contribution is -2.60. The zero-order chi connectivity index (χ0) is 64.5. The minimum Gasteiger partial charge on any atom is -0.508 e. The van der Waals surface area contributed by atoms with Crippen LogP contribution in [-0.4, -0.2) is 163 Å². The zero-order valence-electron chi connectivity index (χ0n) is 47.2. The largest absolute Gasteiger partial charge is 0.508 e. The normalized spacial score (nSPS) is 13.6. The molecule has 3 aromatic rings. The molecule has 466 valence electrons. The fourth-order valence-corrected chi connectivity index (χ4v) is 8.00. The molecule has 9 amide bonds. The number of nitrogens with two attached hydrogens (primary N) is 1. The Kier molecular flexibility index (Phi) is 27.2. The van der Waals surface area contributed by atoms with Crippen LogP contribution in [0.5, 0.6) is 5.75 Å². The Hall–Kier alpha value is -10.5. The van der Waals surface area contributed by atoms with Crippen LogP contribution in [0.15, 0.2) is 66.7 Å². The number of rotatable bonds is 35. The van der Waals surface area contributed by atoms with E-state index in [0.717, 1.165) is 19.1 Å². The fraction of sp³-hybridized carbons (Fsp3) is 0.434. The number of nitrogen functional groups attached to an aromatic ring is 1. The van der Waals surface area contributed by atoms with Crippen molar-refractivity contribution >= 4 is 93.8 Å². The van der Waals surface area contributed by atoms with Gasteiger partial charge in [-0.2, -0.15) is 0 Å². The van der Waals surface area contributed by atoms with Gasteiger partial charge < -0.3 is 79.3 Å². The second-order valence-electron chi connectivity index (χ2n) is 19.8. The van der Waals surface area contributed by atoms with E-state index < -0.39 is 179 Å². The number of non-ortho nitro benzene ring substituents is 1. The first-order chi connectivity index (χ1) is 40.4. The summed E-state index contributed by atoms with van der Waals surface area (Å²) in [6.07, 6.45) is -3.72. The summed E-state index contributed by atoms with van der Waals surface area (Å²) in [5.74, 6) is -14.7. The topological polar surface area (TPSA) is 518 Å². The third-order valence-electron chi connectivity index (χ3n) is 12.6. The van der Waals surface area contributed by atoms with Crippen LogP contribution in [0.1, 0.15) is 89.1 Å². The van der Waals surface area contributed by atoms with Crippen LogP contribution in [0.3, 0.4) is 0 Å². The summed E-state index contributed by atoms with van der Waals surface area (Å²) in [7, 11) is 0. The number of carboxylic acids is 3. The molecule has 8 atom stereocenters. The number of nitrogens with one attached hydrogen (secondary N) is 10. The highest BCUT2D eigenvalue weighted by Crippen LogP contribution is 2.28. The fourth-order valence-electron chi connectivity index (χ4n) is 8.00. The minimum atomic E-state index is -2.00. The van der Waals surface area contributed by atoms with E-state index in [1.807, 2.05) is 0 Å². The van der Waals surface area contributed by atoms with E-state index >= 15 is 0 Å². The molecule has 3 rings (SSSR count). The average Bonchev–Trinajstić information content (AvgIpc) is 2.82. The number of aliphatic carboxylic acids is 3. The van der Waals surface area contributed by atoms with E-state index in [4.69, 9.17) is 5.73 Å². The third kappa shape index (κ3) is 22.7. The van der Waals surface area contributed by atoms with Crippen molar-refractivity contribution in [3.63, 3.8) is 0 Å². The number of amides is 9. The number of anilines is 2. The van der Waals surface area contributed by atoms with Gasteiger partial charge in [-0.15, -0.1) is 0 Å². The standard InChI is InChI=1S/C53H69N13O20/c1-6-9-35(59-51(80)38(24-42(70)71)61-46(75)28(5)58-53(82)44(26(2)3)64-47(76)32-10-7-8-11-33(32)54)49(78)57-27(4)45(74)62-39(25-43(72)73)52(81)63-37(22-29-12-15-31(67)16-13-29)50(79)60-36(18-19-41(68)69)48(77)56-21-20-55-34-17-14-30(65(83)84)23-40(34)66(85)86/h7-8,10-17,23,26-28,35-39,44,55,67H,6,9,18-22,24-25,54H2,1-5H3,(H,56,77)(H,57,78)(H,58,82)(H,59,80)(H,60,79)(H,61,75)(H,62,74)(H,63,81)(H,64,76)(H,68,69)(H,70,71)(H,72,73)/t27-,28-,35-,36-,37-,38-,39-,44-/m0/s1. The SMILES string of the molecule is CCC[C@H](NC(=O)[C@H](CC(=O)O)NC(=O)[C@H](C)NC(=O)[C@@H](NC(=O)c1ccccc1N)C(C)C)C(=O)N[C@@H](C)C(=O)N[C@@H](CC(=O)O)C(=O)N[C@@H](Cc1ccc(O)cc1)C(=O)N[C@@H](CCC(=O)O)C(=O)NCCNc1ccc([N+](=O)[O-])cc1[N+](=O)[O-]. The number of para-hydroxylation sites is 1. The maximum absolute atomic E-state index is 14.0. The van der Waals surface area contributed by atoms with Gasteiger partial charge in [0, 0.05) is 37.7 Å². The Morgan fingerprint density at radius 1 is 0.547 bits per heavy atom. The molecule has 33 heteroatoms. The molecule has 0 radical (unpaired) electrons. The number of phenolic OH excluding ortho intramolecular Hbond substituents is 1. The molecular formula is C53H69N13O20. The van der Waals surface area contributed by atoms with Gasteiger partial charge in [-0.25, -0.2) is 0 Å². The van der Waals surface area contributed by atoms with Crippen molar-refractivity contribution in [2.24, 2.45) is 5.92 Å². The summed E-state index contributed by atoms with van der Waals surface area (Å²) in [6.45, 7) is 6.64. The summed E-state index contributed by atoms with van der Waals surface area (Å²) in [4.78, 5) is 179. The van der Waals surface area contributed by atoms with Gasteiger partial charge >= 0.3 is 17.9 Å². The minimum absolute atomic E-state index is 0.0861. The molecule has 0 saturated carbocycles. The number of hydrogen-bond donors (Lipinski definition) is 15. The van der Waals surface area contributed by atoms with Crippen LogP contribution in [-0.2, 0) is 59.2 Å². The van der Waals surface area contributed by atoms with Crippen LogP contribution >= 0.6 is 0 Å². The van der Waals surface area contributed by atoms with Crippen molar-refractivity contribution < 1.29 is 87.8 Å². The monoisotopic (exact) mass is 1210 g/mol. The lowest BCUT2D eigenvalue weighted by atomic mass is 10.0. The first kappa shape index (κ1) is 69.8. The second kappa shape index (κ2) is 33.6. The summed E-state index contributed by atoms with van der Waals surface area (Å²) >= 11 is 0. The van der Waals surface area contributed by atoms with Crippen molar-refractivity contribution in [3.8, 4) is 5.75 Å². The lowest BCUT2D eigenvalue weighted by Gasteiger charge is -2.27.